The molecule has 1 aromatic rings. The SMILES string of the molecule is CCOC(=O)Cc1c(C(F)F)ncc(Cl)c1CBr. The summed E-state index contributed by atoms with van der Waals surface area (Å²) in [5.41, 5.74) is 0.143. The predicted octanol–water partition coefficient (Wildman–Crippen LogP) is 3.67. The van der Waals surface area contributed by atoms with Gasteiger partial charge in [0.25, 0.3) is 6.43 Å². The van der Waals surface area contributed by atoms with E-state index in [2.05, 4.69) is 20.9 Å². The third kappa shape index (κ3) is 3.62. The van der Waals surface area contributed by atoms with E-state index in [0.717, 1.165) is 6.20 Å². The Balaban J connectivity index is 3.19. The second-order valence-corrected chi connectivity index (χ2v) is 4.33. The van der Waals surface area contributed by atoms with Gasteiger partial charge >= 0.3 is 5.97 Å². The number of hydrogen-bond donors (Lipinski definition) is 0. The normalized spacial score (nSPS) is 10.8. The van der Waals surface area contributed by atoms with Gasteiger partial charge in [-0.1, -0.05) is 27.5 Å². The number of hydrogen-bond acceptors (Lipinski definition) is 3. The van der Waals surface area contributed by atoms with Gasteiger partial charge in [0.15, 0.2) is 0 Å². The summed E-state index contributed by atoms with van der Waals surface area (Å²) >= 11 is 9.04. The van der Waals surface area contributed by atoms with Crippen LogP contribution in [0.4, 0.5) is 8.78 Å². The van der Waals surface area contributed by atoms with Crippen molar-refractivity contribution in [2.45, 2.75) is 25.1 Å². The second kappa shape index (κ2) is 6.99. The van der Waals surface area contributed by atoms with Crippen molar-refractivity contribution in [2.75, 3.05) is 6.61 Å². The van der Waals surface area contributed by atoms with E-state index in [4.69, 9.17) is 16.3 Å². The van der Waals surface area contributed by atoms with Crippen molar-refractivity contribution < 1.29 is 18.3 Å². The molecule has 0 spiro atoms. The maximum Gasteiger partial charge on any atom is 0.310 e. The lowest BCUT2D eigenvalue weighted by atomic mass is 10.0. The van der Waals surface area contributed by atoms with Crippen molar-refractivity contribution in [3.05, 3.63) is 28.0 Å². The largest absolute Gasteiger partial charge is 0.466 e. The van der Waals surface area contributed by atoms with Gasteiger partial charge in [0.05, 0.1) is 18.1 Å². The van der Waals surface area contributed by atoms with Crippen molar-refractivity contribution in [1.29, 1.82) is 0 Å². The van der Waals surface area contributed by atoms with Crippen LogP contribution in [0.5, 0.6) is 0 Å². The molecular formula is C11H11BrClF2NO2. The number of carbonyl (C=O) groups excluding carboxylic acids is 1. The van der Waals surface area contributed by atoms with E-state index in [0.29, 0.717) is 5.56 Å². The van der Waals surface area contributed by atoms with E-state index in [1.165, 1.54) is 0 Å². The number of halogens is 4. The zero-order chi connectivity index (χ0) is 13.7. The molecule has 0 radical (unpaired) electrons. The third-order valence-electron chi connectivity index (χ3n) is 2.25. The van der Waals surface area contributed by atoms with Crippen LogP contribution >= 0.6 is 27.5 Å². The number of rotatable bonds is 5. The Morgan fingerprint density at radius 2 is 2.22 bits per heavy atom. The van der Waals surface area contributed by atoms with Crippen molar-refractivity contribution in [3.8, 4) is 0 Å². The summed E-state index contributed by atoms with van der Waals surface area (Å²) in [5.74, 6) is -0.578. The summed E-state index contributed by atoms with van der Waals surface area (Å²) < 4.78 is 30.4. The van der Waals surface area contributed by atoms with Crippen LogP contribution in [-0.4, -0.2) is 17.6 Å². The molecule has 0 amide bonds. The fourth-order valence-corrected chi connectivity index (χ4v) is 2.50. The van der Waals surface area contributed by atoms with E-state index >= 15 is 0 Å². The molecule has 0 fully saturated rings. The van der Waals surface area contributed by atoms with Crippen molar-refractivity contribution >= 4 is 33.5 Å². The zero-order valence-electron chi connectivity index (χ0n) is 9.55. The van der Waals surface area contributed by atoms with Gasteiger partial charge in [-0.25, -0.2) is 8.78 Å². The molecule has 0 saturated carbocycles. The fraction of sp³-hybridized carbons (Fsp3) is 0.455. The lowest BCUT2D eigenvalue weighted by Crippen LogP contribution is -2.13. The van der Waals surface area contributed by atoms with Gasteiger partial charge in [-0.3, -0.25) is 9.78 Å². The number of esters is 1. The van der Waals surface area contributed by atoms with Gasteiger partial charge in [-0.2, -0.15) is 0 Å². The molecule has 0 unspecified atom stereocenters. The first-order chi connectivity index (χ1) is 8.51. The summed E-state index contributed by atoms with van der Waals surface area (Å²) in [6.07, 6.45) is -1.86. The minimum Gasteiger partial charge on any atom is -0.466 e. The van der Waals surface area contributed by atoms with Crippen molar-refractivity contribution in [1.82, 2.24) is 4.98 Å². The number of pyridine rings is 1. The van der Waals surface area contributed by atoms with Crippen LogP contribution in [0.15, 0.2) is 6.20 Å². The Morgan fingerprint density at radius 1 is 1.56 bits per heavy atom. The maximum atomic E-state index is 12.8. The lowest BCUT2D eigenvalue weighted by molar-refractivity contribution is -0.142. The number of alkyl halides is 3. The Kier molecular flexibility index (Phi) is 5.95. The average Bonchev–Trinajstić information content (AvgIpc) is 2.29. The first-order valence-corrected chi connectivity index (χ1v) is 6.67. The van der Waals surface area contributed by atoms with Gasteiger partial charge in [0.1, 0.15) is 5.69 Å². The molecular weight excluding hydrogens is 331 g/mol. The molecule has 0 aliphatic carbocycles. The van der Waals surface area contributed by atoms with Crippen LogP contribution < -0.4 is 0 Å². The third-order valence-corrected chi connectivity index (χ3v) is 3.13. The molecule has 18 heavy (non-hydrogen) atoms. The molecule has 1 rings (SSSR count). The second-order valence-electron chi connectivity index (χ2n) is 3.36. The van der Waals surface area contributed by atoms with Gasteiger partial charge in [-0.05, 0) is 18.1 Å². The summed E-state index contributed by atoms with van der Waals surface area (Å²) in [6.45, 7) is 1.84. The van der Waals surface area contributed by atoms with Crippen LogP contribution in [0, 0.1) is 0 Å². The Morgan fingerprint density at radius 3 is 2.72 bits per heavy atom. The summed E-state index contributed by atoms with van der Waals surface area (Å²) in [4.78, 5) is 15.0. The number of ether oxygens (including phenoxy) is 1. The maximum absolute atomic E-state index is 12.8. The van der Waals surface area contributed by atoms with Crippen LogP contribution in [0.1, 0.15) is 30.2 Å². The first-order valence-electron chi connectivity index (χ1n) is 5.17. The van der Waals surface area contributed by atoms with Crippen LogP contribution in [0.25, 0.3) is 0 Å². The van der Waals surface area contributed by atoms with E-state index < -0.39 is 18.1 Å². The van der Waals surface area contributed by atoms with Crippen molar-refractivity contribution in [3.63, 3.8) is 0 Å². The molecule has 3 nitrogen and oxygen atoms in total. The van der Waals surface area contributed by atoms with Gasteiger partial charge in [0, 0.05) is 11.5 Å². The Hall–Kier alpha value is -0.750. The summed E-state index contributed by atoms with van der Waals surface area (Å²) in [7, 11) is 0. The highest BCUT2D eigenvalue weighted by molar-refractivity contribution is 9.08. The van der Waals surface area contributed by atoms with E-state index in [1.54, 1.807) is 6.92 Å². The molecule has 1 aromatic heterocycles. The molecule has 0 aliphatic rings. The minimum absolute atomic E-state index is 0.132. The number of carbonyl (C=O) groups is 1. The standard InChI is InChI=1S/C11H11BrClF2NO2/c1-2-18-9(17)3-6-7(4-12)8(13)5-16-10(6)11(14)15/h5,11H,2-4H2,1H3. The average molecular weight is 343 g/mol. The van der Waals surface area contributed by atoms with Crippen LogP contribution in [0.2, 0.25) is 5.02 Å². The van der Waals surface area contributed by atoms with Crippen molar-refractivity contribution in [2.24, 2.45) is 0 Å². The highest BCUT2D eigenvalue weighted by Crippen LogP contribution is 2.30. The molecule has 100 valence electrons. The van der Waals surface area contributed by atoms with Crippen LogP contribution in [0.3, 0.4) is 0 Å². The van der Waals surface area contributed by atoms with Gasteiger partial charge in [0.2, 0.25) is 0 Å². The quantitative estimate of drug-likeness (QED) is 0.605. The fourth-order valence-electron chi connectivity index (χ4n) is 1.47. The number of nitrogens with zero attached hydrogens (tertiary/aromatic N) is 1. The highest BCUT2D eigenvalue weighted by atomic mass is 79.9. The highest BCUT2D eigenvalue weighted by Gasteiger charge is 2.22. The first kappa shape index (κ1) is 15.3. The Labute approximate surface area is 117 Å². The molecule has 0 atom stereocenters. The summed E-state index contributed by atoms with van der Waals surface area (Å²) in [6, 6.07) is 0. The molecule has 0 aromatic carbocycles. The molecule has 7 heteroatoms. The van der Waals surface area contributed by atoms with E-state index in [1.807, 2.05) is 0 Å². The molecule has 0 N–H and O–H groups in total. The molecule has 0 bridgehead atoms. The lowest BCUT2D eigenvalue weighted by Gasteiger charge is -2.13. The topological polar surface area (TPSA) is 39.2 Å². The molecule has 1 heterocycles. The molecule has 0 aliphatic heterocycles. The molecule has 0 saturated heterocycles. The summed E-state index contributed by atoms with van der Waals surface area (Å²) in [5, 5.41) is 0.513. The van der Waals surface area contributed by atoms with E-state index in [-0.39, 0.29) is 28.9 Å². The van der Waals surface area contributed by atoms with Crippen LogP contribution in [-0.2, 0) is 21.3 Å². The minimum atomic E-state index is -2.76. The number of aromatic nitrogens is 1. The zero-order valence-corrected chi connectivity index (χ0v) is 11.9. The van der Waals surface area contributed by atoms with Gasteiger partial charge in [-0.15, -0.1) is 0 Å². The van der Waals surface area contributed by atoms with E-state index in [9.17, 15) is 13.6 Å². The predicted molar refractivity (Wildman–Crippen MR) is 67.2 cm³/mol. The monoisotopic (exact) mass is 341 g/mol. The Bertz CT molecular complexity index is 443. The van der Waals surface area contributed by atoms with Gasteiger partial charge < -0.3 is 4.74 Å². The smallest absolute Gasteiger partial charge is 0.310 e.